The third-order valence-corrected chi connectivity index (χ3v) is 6.23. The van der Waals surface area contributed by atoms with Crippen LogP contribution in [-0.2, 0) is 14.6 Å². The van der Waals surface area contributed by atoms with Crippen molar-refractivity contribution in [3.63, 3.8) is 0 Å². The molecule has 0 fully saturated rings. The fraction of sp³-hybridized carbons (Fsp3) is 0.357. The molecule has 0 amide bonds. The number of allylic oxidation sites excluding steroid dienone is 1. The number of fused-ring (bicyclic) bond motifs is 3. The molecule has 0 bridgehead atoms. The Morgan fingerprint density at radius 1 is 1.42 bits per heavy atom. The minimum absolute atomic E-state index is 0.236. The van der Waals surface area contributed by atoms with Crippen molar-refractivity contribution < 1.29 is 31.5 Å². The number of hydrazine groups is 1. The number of halogens is 4. The number of nitrogens with one attached hydrogen (secondary N) is 1. The first kappa shape index (κ1) is 20.5. The maximum atomic E-state index is 12.6. The molecule has 0 saturated heterocycles. The number of nitrogens with zero attached hydrogens (tertiary/aromatic N) is 1. The first-order chi connectivity index (χ1) is 11.9. The van der Waals surface area contributed by atoms with Crippen LogP contribution in [0, 0.1) is 0 Å². The van der Waals surface area contributed by atoms with Gasteiger partial charge in [-0.15, -0.1) is 0 Å². The van der Waals surface area contributed by atoms with Gasteiger partial charge in [-0.1, -0.05) is 23.7 Å². The molecule has 1 aromatic carbocycles. The number of carboxylic acid groups (broad SMARTS) is 1. The molecule has 7 nitrogen and oxygen atoms in total. The van der Waals surface area contributed by atoms with Crippen LogP contribution >= 0.6 is 11.6 Å². The predicted octanol–water partition coefficient (Wildman–Crippen LogP) is 1.81. The first-order valence-corrected chi connectivity index (χ1v) is 9.06. The van der Waals surface area contributed by atoms with Crippen LogP contribution in [0.3, 0.4) is 0 Å². The number of sulfone groups is 1. The average molecular weight is 414 g/mol. The molecule has 3 rings (SSSR count). The van der Waals surface area contributed by atoms with Gasteiger partial charge >= 0.3 is 12.1 Å². The van der Waals surface area contributed by atoms with Crippen molar-refractivity contribution in [1.29, 1.82) is 0 Å². The SMILES string of the molecule is CC1=C2C(c3cccc(Cl)c3S2(=O)=O)N(CCN)N1.O=C(O)C(F)(F)F. The van der Waals surface area contributed by atoms with Crippen molar-refractivity contribution in [1.82, 2.24) is 10.4 Å². The Hall–Kier alpha value is -1.82. The number of benzene rings is 1. The van der Waals surface area contributed by atoms with Gasteiger partial charge in [-0.2, -0.15) is 13.2 Å². The van der Waals surface area contributed by atoms with Crippen molar-refractivity contribution >= 4 is 27.4 Å². The molecule has 0 aliphatic carbocycles. The van der Waals surface area contributed by atoms with Crippen LogP contribution in [0.1, 0.15) is 18.5 Å². The summed E-state index contributed by atoms with van der Waals surface area (Å²) in [6.07, 6.45) is -5.08. The van der Waals surface area contributed by atoms with Gasteiger partial charge in [0.1, 0.15) is 0 Å². The summed E-state index contributed by atoms with van der Waals surface area (Å²) in [5.74, 6) is -2.76. The van der Waals surface area contributed by atoms with Crippen LogP contribution in [-0.4, -0.2) is 43.8 Å². The average Bonchev–Trinajstić information content (AvgIpc) is 2.95. The van der Waals surface area contributed by atoms with Crippen molar-refractivity contribution in [3.05, 3.63) is 39.4 Å². The number of nitrogens with two attached hydrogens (primary N) is 1. The van der Waals surface area contributed by atoms with Crippen molar-refractivity contribution in [2.75, 3.05) is 13.1 Å². The standard InChI is InChI=1S/C12H14ClN3O2S.C2HF3O2/c1-7-11-10(16(15-7)6-5-14)8-3-2-4-9(13)12(8)19(11,17)18;3-2(4,5)1(6)7/h2-4,10,15H,5-6,14H2,1H3;(H,6,7). The van der Waals surface area contributed by atoms with Crippen LogP contribution in [0.4, 0.5) is 13.2 Å². The lowest BCUT2D eigenvalue weighted by Crippen LogP contribution is -2.37. The van der Waals surface area contributed by atoms with Gasteiger partial charge in [-0.25, -0.2) is 18.2 Å². The Bertz CT molecular complexity index is 871. The molecule has 26 heavy (non-hydrogen) atoms. The molecule has 0 aromatic heterocycles. The number of alkyl halides is 3. The second kappa shape index (κ2) is 7.06. The summed E-state index contributed by atoms with van der Waals surface area (Å²) in [6, 6.07) is 4.87. The van der Waals surface area contributed by atoms with Crippen molar-refractivity contribution in [2.24, 2.45) is 5.73 Å². The summed E-state index contributed by atoms with van der Waals surface area (Å²) < 4.78 is 56.9. The molecule has 1 unspecified atom stereocenters. The summed E-state index contributed by atoms with van der Waals surface area (Å²) in [6.45, 7) is 2.77. The highest BCUT2D eigenvalue weighted by atomic mass is 35.5. The van der Waals surface area contributed by atoms with E-state index in [9.17, 15) is 21.6 Å². The van der Waals surface area contributed by atoms with E-state index in [2.05, 4.69) is 5.43 Å². The highest BCUT2D eigenvalue weighted by Gasteiger charge is 2.49. The van der Waals surface area contributed by atoms with E-state index in [0.717, 1.165) is 5.56 Å². The third-order valence-electron chi connectivity index (χ3n) is 3.70. The van der Waals surface area contributed by atoms with E-state index in [1.54, 1.807) is 25.1 Å². The minimum Gasteiger partial charge on any atom is -0.475 e. The topological polar surface area (TPSA) is 113 Å². The number of hydrogen-bond donors (Lipinski definition) is 3. The predicted molar refractivity (Wildman–Crippen MR) is 86.7 cm³/mol. The van der Waals surface area contributed by atoms with E-state index in [0.29, 0.717) is 23.7 Å². The Morgan fingerprint density at radius 3 is 2.50 bits per heavy atom. The number of rotatable bonds is 2. The zero-order valence-electron chi connectivity index (χ0n) is 13.3. The molecular weight excluding hydrogens is 399 g/mol. The molecule has 4 N–H and O–H groups in total. The van der Waals surface area contributed by atoms with Crippen molar-refractivity contribution in [3.8, 4) is 0 Å². The van der Waals surface area contributed by atoms with E-state index in [1.807, 2.05) is 5.01 Å². The van der Waals surface area contributed by atoms with Gasteiger partial charge in [0, 0.05) is 18.8 Å². The largest absolute Gasteiger partial charge is 0.490 e. The lowest BCUT2D eigenvalue weighted by atomic mass is 10.1. The molecule has 2 aliphatic rings. The van der Waals surface area contributed by atoms with Gasteiger partial charge in [0.15, 0.2) is 0 Å². The number of carbonyl (C=O) groups is 1. The molecular formula is C14H15ClF3N3O4S. The monoisotopic (exact) mass is 413 g/mol. The van der Waals surface area contributed by atoms with E-state index in [4.69, 9.17) is 27.2 Å². The van der Waals surface area contributed by atoms with E-state index in [-0.39, 0.29) is 16.0 Å². The molecule has 2 aliphatic heterocycles. The van der Waals surface area contributed by atoms with Crippen molar-refractivity contribution in [2.45, 2.75) is 24.0 Å². The molecule has 144 valence electrons. The lowest BCUT2D eigenvalue weighted by molar-refractivity contribution is -0.192. The minimum atomic E-state index is -5.08. The van der Waals surface area contributed by atoms with E-state index >= 15 is 0 Å². The Labute approximate surface area is 152 Å². The normalized spacial score (nSPS) is 20.8. The summed E-state index contributed by atoms with van der Waals surface area (Å²) in [5, 5.41) is 9.25. The lowest BCUT2D eigenvalue weighted by Gasteiger charge is -2.23. The van der Waals surface area contributed by atoms with Gasteiger partial charge in [0.2, 0.25) is 9.84 Å². The summed E-state index contributed by atoms with van der Waals surface area (Å²) >= 11 is 6.07. The highest BCUT2D eigenvalue weighted by molar-refractivity contribution is 7.95. The Balaban J connectivity index is 0.000000298. The van der Waals surface area contributed by atoms with Crippen LogP contribution in [0.2, 0.25) is 5.02 Å². The van der Waals surface area contributed by atoms with Gasteiger partial charge in [-0.05, 0) is 18.6 Å². The van der Waals surface area contributed by atoms with Gasteiger partial charge in [0.05, 0.1) is 20.9 Å². The van der Waals surface area contributed by atoms with E-state index in [1.165, 1.54) is 0 Å². The zero-order valence-corrected chi connectivity index (χ0v) is 14.9. The quantitative estimate of drug-likeness (QED) is 0.677. The molecule has 1 atom stereocenters. The smallest absolute Gasteiger partial charge is 0.475 e. The summed E-state index contributed by atoms with van der Waals surface area (Å²) in [4.78, 5) is 9.52. The highest BCUT2D eigenvalue weighted by Crippen LogP contribution is 2.50. The maximum Gasteiger partial charge on any atom is 0.490 e. The Kier molecular flexibility index (Phi) is 5.57. The fourth-order valence-corrected chi connectivity index (χ4v) is 5.32. The molecule has 12 heteroatoms. The fourth-order valence-electron chi connectivity index (χ4n) is 2.80. The number of hydrogen-bond acceptors (Lipinski definition) is 6. The summed E-state index contributed by atoms with van der Waals surface area (Å²) in [5.41, 5.74) is 10.0. The summed E-state index contributed by atoms with van der Waals surface area (Å²) in [7, 11) is -3.51. The van der Waals surface area contributed by atoms with E-state index < -0.39 is 22.0 Å². The second-order valence-corrected chi connectivity index (χ2v) is 7.71. The first-order valence-electron chi connectivity index (χ1n) is 7.20. The number of aliphatic carboxylic acids is 1. The van der Waals surface area contributed by atoms with Crippen LogP contribution < -0.4 is 11.2 Å². The molecule has 2 heterocycles. The second-order valence-electron chi connectivity index (χ2n) is 5.45. The number of carboxylic acids is 1. The maximum absolute atomic E-state index is 12.6. The van der Waals surface area contributed by atoms with Crippen LogP contribution in [0.25, 0.3) is 0 Å². The molecule has 0 spiro atoms. The third kappa shape index (κ3) is 3.52. The van der Waals surface area contributed by atoms with Gasteiger partial charge in [0.25, 0.3) is 0 Å². The molecule has 0 radical (unpaired) electrons. The van der Waals surface area contributed by atoms with Gasteiger partial charge < -0.3 is 16.3 Å². The Morgan fingerprint density at radius 2 is 2.00 bits per heavy atom. The van der Waals surface area contributed by atoms with Crippen LogP contribution in [0.15, 0.2) is 33.7 Å². The van der Waals surface area contributed by atoms with Gasteiger partial charge in [-0.3, -0.25) is 0 Å². The molecule has 0 saturated carbocycles. The van der Waals surface area contributed by atoms with Crippen LogP contribution in [0.5, 0.6) is 0 Å². The molecule has 1 aromatic rings. The zero-order chi connectivity index (χ0) is 19.9.